The maximum absolute atomic E-state index is 13.7. The molecule has 4 aromatic carbocycles. The van der Waals surface area contributed by atoms with Gasteiger partial charge in [0.1, 0.15) is 6.04 Å². The molecular formula is C31H28Cl2N2O2. The van der Waals surface area contributed by atoms with E-state index < -0.39 is 6.04 Å². The van der Waals surface area contributed by atoms with Crippen LogP contribution in [0.5, 0.6) is 0 Å². The Labute approximate surface area is 227 Å². The largest absolute Gasteiger partial charge is 0.350 e. The van der Waals surface area contributed by atoms with Gasteiger partial charge in [-0.15, -0.1) is 0 Å². The van der Waals surface area contributed by atoms with Gasteiger partial charge in [0.25, 0.3) is 0 Å². The Hall–Kier alpha value is -3.60. The fourth-order valence-electron chi connectivity index (χ4n) is 4.17. The Kier molecular flexibility index (Phi) is 9.36. The van der Waals surface area contributed by atoms with Crippen molar-refractivity contribution in [1.82, 2.24) is 10.2 Å². The molecule has 2 amide bonds. The highest BCUT2D eigenvalue weighted by atomic mass is 35.5. The minimum absolute atomic E-state index is 0.115. The lowest BCUT2D eigenvalue weighted by Crippen LogP contribution is -2.50. The highest BCUT2D eigenvalue weighted by Gasteiger charge is 2.30. The molecule has 37 heavy (non-hydrogen) atoms. The van der Waals surface area contributed by atoms with Crippen molar-refractivity contribution in [3.8, 4) is 0 Å². The molecule has 0 saturated carbocycles. The maximum atomic E-state index is 13.7. The van der Waals surface area contributed by atoms with E-state index in [1.54, 1.807) is 23.1 Å². The molecule has 4 aromatic rings. The molecular weight excluding hydrogens is 503 g/mol. The van der Waals surface area contributed by atoms with Crippen molar-refractivity contribution >= 4 is 35.0 Å². The Morgan fingerprint density at radius 2 is 1.30 bits per heavy atom. The smallest absolute Gasteiger partial charge is 0.243 e. The van der Waals surface area contributed by atoms with E-state index in [9.17, 15) is 9.59 Å². The molecule has 1 N–H and O–H groups in total. The van der Waals surface area contributed by atoms with Crippen LogP contribution in [0.1, 0.15) is 22.3 Å². The average molecular weight is 531 g/mol. The Morgan fingerprint density at radius 1 is 0.730 bits per heavy atom. The lowest BCUT2D eigenvalue weighted by atomic mass is 10.0. The van der Waals surface area contributed by atoms with Crippen LogP contribution in [0.2, 0.25) is 10.0 Å². The molecule has 0 aliphatic carbocycles. The minimum atomic E-state index is -0.718. The predicted molar refractivity (Wildman–Crippen MR) is 149 cm³/mol. The number of halogens is 2. The number of nitrogens with one attached hydrogen (secondary N) is 1. The molecule has 1 atom stereocenters. The van der Waals surface area contributed by atoms with Gasteiger partial charge in [0, 0.05) is 29.6 Å². The van der Waals surface area contributed by atoms with Crippen molar-refractivity contribution in [3.05, 3.63) is 141 Å². The summed E-state index contributed by atoms with van der Waals surface area (Å²) >= 11 is 12.4. The summed E-state index contributed by atoms with van der Waals surface area (Å²) < 4.78 is 0. The van der Waals surface area contributed by atoms with Gasteiger partial charge < -0.3 is 10.2 Å². The summed E-state index contributed by atoms with van der Waals surface area (Å²) in [5, 5.41) is 4.01. The third-order valence-electron chi connectivity index (χ3n) is 6.13. The van der Waals surface area contributed by atoms with Crippen LogP contribution in [0.15, 0.2) is 109 Å². The summed E-state index contributed by atoms with van der Waals surface area (Å²) in [7, 11) is 0. The highest BCUT2D eigenvalue weighted by molar-refractivity contribution is 6.35. The standard InChI is InChI=1S/C31H28Cl2N2O2/c32-27-17-16-26(28(33)20-27)21-34-31(37)29(18-23-10-4-1-5-11-23)35(22-25-14-8-3-9-15-25)30(36)19-24-12-6-2-7-13-24/h1-17,20,29H,18-19,21-22H2,(H,34,37). The summed E-state index contributed by atoms with van der Waals surface area (Å²) in [6, 6.07) is 33.5. The number of rotatable bonds is 10. The van der Waals surface area contributed by atoms with Crippen LogP contribution in [-0.4, -0.2) is 22.8 Å². The first-order valence-corrected chi connectivity index (χ1v) is 12.9. The van der Waals surface area contributed by atoms with Crippen LogP contribution >= 0.6 is 23.2 Å². The van der Waals surface area contributed by atoms with Crippen molar-refractivity contribution in [2.24, 2.45) is 0 Å². The molecule has 188 valence electrons. The molecule has 0 aromatic heterocycles. The van der Waals surface area contributed by atoms with E-state index in [0.29, 0.717) is 23.0 Å². The zero-order valence-electron chi connectivity index (χ0n) is 20.3. The van der Waals surface area contributed by atoms with E-state index in [4.69, 9.17) is 23.2 Å². The summed E-state index contributed by atoms with van der Waals surface area (Å²) in [5.74, 6) is -0.358. The van der Waals surface area contributed by atoms with Gasteiger partial charge in [-0.1, -0.05) is 120 Å². The van der Waals surface area contributed by atoms with Crippen LogP contribution in [0.4, 0.5) is 0 Å². The zero-order chi connectivity index (χ0) is 26.0. The fraction of sp³-hybridized carbons (Fsp3) is 0.161. The number of nitrogens with zero attached hydrogens (tertiary/aromatic N) is 1. The van der Waals surface area contributed by atoms with Gasteiger partial charge >= 0.3 is 0 Å². The number of carbonyl (C=O) groups excluding carboxylic acids is 2. The molecule has 1 unspecified atom stereocenters. The molecule has 0 radical (unpaired) electrons. The molecule has 0 saturated heterocycles. The first kappa shape index (κ1) is 26.5. The van der Waals surface area contributed by atoms with Gasteiger partial charge in [0.2, 0.25) is 11.8 Å². The monoisotopic (exact) mass is 530 g/mol. The van der Waals surface area contributed by atoms with Crippen LogP contribution < -0.4 is 5.32 Å². The topological polar surface area (TPSA) is 49.4 Å². The quantitative estimate of drug-likeness (QED) is 0.254. The molecule has 0 aliphatic rings. The maximum Gasteiger partial charge on any atom is 0.243 e. The SMILES string of the molecule is O=C(NCc1ccc(Cl)cc1Cl)C(Cc1ccccc1)N(Cc1ccccc1)C(=O)Cc1ccccc1. The second kappa shape index (κ2) is 13.1. The van der Waals surface area contributed by atoms with Gasteiger partial charge in [-0.3, -0.25) is 9.59 Å². The first-order chi connectivity index (χ1) is 18.0. The van der Waals surface area contributed by atoms with Crippen molar-refractivity contribution in [3.63, 3.8) is 0 Å². The summed E-state index contributed by atoms with van der Waals surface area (Å²) in [6.45, 7) is 0.547. The van der Waals surface area contributed by atoms with Crippen LogP contribution in [-0.2, 0) is 35.5 Å². The predicted octanol–water partition coefficient (Wildman–Crippen LogP) is 6.49. The normalized spacial score (nSPS) is 11.5. The molecule has 0 heterocycles. The van der Waals surface area contributed by atoms with E-state index in [1.807, 2.05) is 91.0 Å². The summed E-state index contributed by atoms with van der Waals surface area (Å²) in [4.78, 5) is 29.1. The van der Waals surface area contributed by atoms with Gasteiger partial charge in [-0.25, -0.2) is 0 Å². The number of benzene rings is 4. The van der Waals surface area contributed by atoms with Crippen molar-refractivity contribution in [2.75, 3.05) is 0 Å². The molecule has 0 aliphatic heterocycles. The molecule has 4 rings (SSSR count). The van der Waals surface area contributed by atoms with E-state index >= 15 is 0 Å². The van der Waals surface area contributed by atoms with E-state index in [0.717, 1.165) is 22.3 Å². The molecule has 0 fully saturated rings. The fourth-order valence-corrected chi connectivity index (χ4v) is 4.65. The Bertz CT molecular complexity index is 1320. The number of hydrogen-bond donors (Lipinski definition) is 1. The molecule has 0 spiro atoms. The summed E-state index contributed by atoms with van der Waals surface area (Å²) in [6.07, 6.45) is 0.587. The first-order valence-electron chi connectivity index (χ1n) is 12.1. The van der Waals surface area contributed by atoms with Crippen molar-refractivity contribution in [2.45, 2.75) is 32.0 Å². The highest BCUT2D eigenvalue weighted by Crippen LogP contribution is 2.21. The second-order valence-corrected chi connectivity index (χ2v) is 9.67. The van der Waals surface area contributed by atoms with Crippen LogP contribution in [0, 0.1) is 0 Å². The number of amides is 2. The van der Waals surface area contributed by atoms with E-state index in [-0.39, 0.29) is 24.8 Å². The summed E-state index contributed by atoms with van der Waals surface area (Å²) in [5.41, 5.74) is 3.58. The van der Waals surface area contributed by atoms with Crippen molar-refractivity contribution in [1.29, 1.82) is 0 Å². The lowest BCUT2D eigenvalue weighted by molar-refractivity contribution is -0.140. The number of carbonyl (C=O) groups is 2. The van der Waals surface area contributed by atoms with Crippen LogP contribution in [0.25, 0.3) is 0 Å². The minimum Gasteiger partial charge on any atom is -0.350 e. The Balaban J connectivity index is 1.63. The van der Waals surface area contributed by atoms with Gasteiger partial charge in [0.15, 0.2) is 0 Å². The number of hydrogen-bond acceptors (Lipinski definition) is 2. The third kappa shape index (κ3) is 7.69. The third-order valence-corrected chi connectivity index (χ3v) is 6.72. The van der Waals surface area contributed by atoms with Gasteiger partial charge in [-0.2, -0.15) is 0 Å². The van der Waals surface area contributed by atoms with E-state index in [2.05, 4.69) is 5.32 Å². The van der Waals surface area contributed by atoms with E-state index in [1.165, 1.54) is 0 Å². The van der Waals surface area contributed by atoms with Gasteiger partial charge in [-0.05, 0) is 34.4 Å². The van der Waals surface area contributed by atoms with Gasteiger partial charge in [0.05, 0.1) is 6.42 Å². The second-order valence-electron chi connectivity index (χ2n) is 8.83. The van der Waals surface area contributed by atoms with Crippen molar-refractivity contribution < 1.29 is 9.59 Å². The average Bonchev–Trinajstić information content (AvgIpc) is 2.91. The Morgan fingerprint density at radius 3 is 1.89 bits per heavy atom. The molecule has 0 bridgehead atoms. The van der Waals surface area contributed by atoms with Crippen LogP contribution in [0.3, 0.4) is 0 Å². The zero-order valence-corrected chi connectivity index (χ0v) is 21.8. The molecule has 4 nitrogen and oxygen atoms in total. The lowest BCUT2D eigenvalue weighted by Gasteiger charge is -2.32. The molecule has 6 heteroatoms.